The molecule has 0 aliphatic carbocycles. The standard InChI is InChI=1S/C13H19O.W/c1-4-10-14-13-9-7-6-8-12(13)11(3)5-2;/h6-9,11H,2,4-5,10H2,1,3H3;/q-1;/t11-;/m1./s1. The summed E-state index contributed by atoms with van der Waals surface area (Å²) >= 11 is 0. The Morgan fingerprint density at radius 2 is 2.00 bits per heavy atom. The first kappa shape index (κ1) is 14.7. The van der Waals surface area contributed by atoms with Gasteiger partial charge in [-0.2, -0.15) is 6.42 Å². The molecule has 0 radical (unpaired) electrons. The number of hydrogen-bond acceptors (Lipinski definition) is 1. The van der Waals surface area contributed by atoms with Crippen molar-refractivity contribution in [3.63, 3.8) is 0 Å². The third-order valence-corrected chi connectivity index (χ3v) is 2.34. The second-order valence-electron chi connectivity index (χ2n) is 3.58. The summed E-state index contributed by atoms with van der Waals surface area (Å²) in [6, 6.07) is 8.24. The van der Waals surface area contributed by atoms with Crippen LogP contribution in [-0.2, 0) is 21.1 Å². The normalized spacial score (nSPS) is 11.7. The van der Waals surface area contributed by atoms with Gasteiger partial charge in [0.1, 0.15) is 5.75 Å². The molecule has 0 saturated heterocycles. The van der Waals surface area contributed by atoms with Gasteiger partial charge >= 0.3 is 0 Å². The molecule has 0 heterocycles. The van der Waals surface area contributed by atoms with E-state index in [9.17, 15) is 0 Å². The van der Waals surface area contributed by atoms with Gasteiger partial charge in [0.2, 0.25) is 0 Å². The zero-order valence-corrected chi connectivity index (χ0v) is 12.5. The molecule has 0 aliphatic heterocycles. The van der Waals surface area contributed by atoms with Crippen LogP contribution in [0.15, 0.2) is 24.3 Å². The van der Waals surface area contributed by atoms with Crippen LogP contribution in [0.2, 0.25) is 0 Å². The number of rotatable bonds is 5. The first-order valence-corrected chi connectivity index (χ1v) is 5.30. The summed E-state index contributed by atoms with van der Waals surface area (Å²) in [5, 5.41) is 0. The van der Waals surface area contributed by atoms with Crippen molar-refractivity contribution < 1.29 is 25.8 Å². The largest absolute Gasteiger partial charge is 0.493 e. The minimum Gasteiger partial charge on any atom is -0.493 e. The minimum absolute atomic E-state index is 0. The Morgan fingerprint density at radius 1 is 1.33 bits per heavy atom. The molecule has 0 saturated carbocycles. The van der Waals surface area contributed by atoms with E-state index in [4.69, 9.17) is 4.74 Å². The molecule has 0 bridgehead atoms. The van der Waals surface area contributed by atoms with Crippen molar-refractivity contribution in [1.29, 1.82) is 0 Å². The van der Waals surface area contributed by atoms with Gasteiger partial charge in [-0.05, 0) is 24.0 Å². The third-order valence-electron chi connectivity index (χ3n) is 2.34. The van der Waals surface area contributed by atoms with E-state index in [1.165, 1.54) is 5.56 Å². The van der Waals surface area contributed by atoms with Gasteiger partial charge in [0, 0.05) is 21.1 Å². The van der Waals surface area contributed by atoms with Crippen LogP contribution in [0.4, 0.5) is 0 Å². The molecule has 0 fully saturated rings. The topological polar surface area (TPSA) is 9.23 Å². The smallest absolute Gasteiger partial charge is 0.122 e. The van der Waals surface area contributed by atoms with Gasteiger partial charge in [0.05, 0.1) is 6.61 Å². The van der Waals surface area contributed by atoms with Gasteiger partial charge in [0.15, 0.2) is 0 Å². The molecular formula is C13H19OW-. The molecule has 0 unspecified atom stereocenters. The van der Waals surface area contributed by atoms with Gasteiger partial charge in [-0.25, -0.2) is 0 Å². The fraction of sp³-hybridized carbons (Fsp3) is 0.462. The molecular weight excluding hydrogens is 356 g/mol. The number of benzene rings is 1. The van der Waals surface area contributed by atoms with Gasteiger partial charge in [-0.1, -0.05) is 32.0 Å². The fourth-order valence-electron chi connectivity index (χ4n) is 1.39. The summed E-state index contributed by atoms with van der Waals surface area (Å²) < 4.78 is 5.68. The first-order chi connectivity index (χ1) is 6.79. The van der Waals surface area contributed by atoms with Gasteiger partial charge in [-0.3, -0.25) is 0 Å². The molecule has 84 valence electrons. The van der Waals surface area contributed by atoms with E-state index in [1.807, 2.05) is 12.1 Å². The molecule has 0 spiro atoms. The summed E-state index contributed by atoms with van der Waals surface area (Å²) in [5.41, 5.74) is 1.27. The number of ether oxygens (including phenoxy) is 1. The first-order valence-electron chi connectivity index (χ1n) is 5.30. The Labute approximate surface area is 107 Å². The monoisotopic (exact) mass is 375 g/mol. The van der Waals surface area contributed by atoms with Crippen molar-refractivity contribution in [3.05, 3.63) is 36.8 Å². The summed E-state index contributed by atoms with van der Waals surface area (Å²) in [7, 11) is 0. The maximum atomic E-state index is 5.68. The second kappa shape index (κ2) is 7.93. The average molecular weight is 375 g/mol. The summed E-state index contributed by atoms with van der Waals surface area (Å²) in [4.78, 5) is 0. The zero-order chi connectivity index (χ0) is 10.4. The van der Waals surface area contributed by atoms with Crippen LogP contribution in [0.5, 0.6) is 5.75 Å². The SMILES string of the molecule is [CH2-]C[C@@H](C)c1ccccc1OCCC.[W]. The molecule has 1 rings (SSSR count). The average Bonchev–Trinajstić information content (AvgIpc) is 2.25. The molecule has 1 atom stereocenters. The maximum Gasteiger partial charge on any atom is 0.122 e. The molecule has 0 N–H and O–H groups in total. The van der Waals surface area contributed by atoms with Crippen molar-refractivity contribution in [1.82, 2.24) is 0 Å². The van der Waals surface area contributed by atoms with Gasteiger partial charge in [0.25, 0.3) is 0 Å². The Morgan fingerprint density at radius 3 is 2.60 bits per heavy atom. The van der Waals surface area contributed by atoms with Gasteiger partial charge in [-0.15, -0.1) is 0 Å². The van der Waals surface area contributed by atoms with Crippen LogP contribution in [0.3, 0.4) is 0 Å². The maximum absolute atomic E-state index is 5.68. The van der Waals surface area contributed by atoms with Crippen LogP contribution < -0.4 is 4.74 Å². The van der Waals surface area contributed by atoms with E-state index >= 15 is 0 Å². The van der Waals surface area contributed by atoms with Crippen LogP contribution in [0, 0.1) is 6.92 Å². The zero-order valence-electron chi connectivity index (χ0n) is 9.53. The van der Waals surface area contributed by atoms with Gasteiger partial charge < -0.3 is 11.7 Å². The van der Waals surface area contributed by atoms with Crippen LogP contribution in [-0.4, -0.2) is 6.61 Å². The minimum atomic E-state index is 0. The predicted molar refractivity (Wildman–Crippen MR) is 60.6 cm³/mol. The predicted octanol–water partition coefficient (Wildman–Crippen LogP) is 3.80. The van der Waals surface area contributed by atoms with E-state index in [1.54, 1.807) is 0 Å². The molecule has 0 amide bonds. The third kappa shape index (κ3) is 4.38. The van der Waals surface area contributed by atoms with Crippen LogP contribution in [0.1, 0.15) is 38.2 Å². The Hall–Kier alpha value is -0.292. The number of hydrogen-bond donors (Lipinski definition) is 0. The molecule has 0 aliphatic rings. The Kier molecular flexibility index (Phi) is 7.78. The molecule has 1 nitrogen and oxygen atoms in total. The Bertz CT molecular complexity index is 273. The molecule has 15 heavy (non-hydrogen) atoms. The van der Waals surface area contributed by atoms with Crippen LogP contribution >= 0.6 is 0 Å². The fourth-order valence-corrected chi connectivity index (χ4v) is 1.39. The van der Waals surface area contributed by atoms with E-state index in [2.05, 4.69) is 32.9 Å². The van der Waals surface area contributed by atoms with E-state index in [-0.39, 0.29) is 21.1 Å². The van der Waals surface area contributed by atoms with Crippen molar-refractivity contribution in [3.8, 4) is 5.75 Å². The Balaban J connectivity index is 0.00000196. The summed E-state index contributed by atoms with van der Waals surface area (Å²) in [6.45, 7) is 9.02. The molecule has 0 aromatic heterocycles. The van der Waals surface area contributed by atoms with E-state index < -0.39 is 0 Å². The van der Waals surface area contributed by atoms with Crippen molar-refractivity contribution in [2.75, 3.05) is 6.61 Å². The second-order valence-corrected chi connectivity index (χ2v) is 3.58. The number of para-hydroxylation sites is 1. The molecule has 1 aromatic carbocycles. The summed E-state index contributed by atoms with van der Waals surface area (Å²) in [5.74, 6) is 1.49. The molecule has 2 heteroatoms. The summed E-state index contributed by atoms with van der Waals surface area (Å²) in [6.07, 6.45) is 1.96. The van der Waals surface area contributed by atoms with E-state index in [0.29, 0.717) is 5.92 Å². The van der Waals surface area contributed by atoms with Crippen molar-refractivity contribution >= 4 is 0 Å². The molecule has 1 aromatic rings. The quantitative estimate of drug-likeness (QED) is 0.712. The van der Waals surface area contributed by atoms with Crippen molar-refractivity contribution in [2.45, 2.75) is 32.6 Å². The van der Waals surface area contributed by atoms with Crippen LogP contribution in [0.25, 0.3) is 0 Å². The van der Waals surface area contributed by atoms with E-state index in [0.717, 1.165) is 25.2 Å². The van der Waals surface area contributed by atoms with Crippen molar-refractivity contribution in [2.24, 2.45) is 0 Å².